The quantitative estimate of drug-likeness (QED) is 0.529. The Bertz CT molecular complexity index is 823. The molecule has 0 N–H and O–H groups in total. The van der Waals surface area contributed by atoms with Crippen molar-refractivity contribution in [3.8, 4) is 0 Å². The molecule has 2 aliphatic rings. The van der Waals surface area contributed by atoms with Crippen LogP contribution in [-0.4, -0.2) is 23.3 Å². The number of allylic oxidation sites excluding steroid dienone is 1. The molecule has 2 aliphatic heterocycles. The zero-order chi connectivity index (χ0) is 16.5. The van der Waals surface area contributed by atoms with Crippen molar-refractivity contribution in [2.45, 2.75) is 43.1 Å². The summed E-state index contributed by atoms with van der Waals surface area (Å²) in [5.41, 5.74) is 5.41. The molecule has 124 valence electrons. The molecule has 0 aliphatic carbocycles. The second kappa shape index (κ2) is 6.64. The van der Waals surface area contributed by atoms with Crippen LogP contribution >= 0.6 is 11.8 Å². The van der Waals surface area contributed by atoms with Gasteiger partial charge in [-0.15, -0.1) is 11.8 Å². The van der Waals surface area contributed by atoms with E-state index in [1.165, 1.54) is 40.3 Å². The van der Waals surface area contributed by atoms with Gasteiger partial charge in [0.25, 0.3) is 0 Å². The molecule has 0 spiro atoms. The Morgan fingerprint density at radius 3 is 2.79 bits per heavy atom. The van der Waals surface area contributed by atoms with Gasteiger partial charge in [0.05, 0.1) is 5.71 Å². The van der Waals surface area contributed by atoms with E-state index in [1.54, 1.807) is 7.11 Å². The van der Waals surface area contributed by atoms with E-state index in [0.717, 1.165) is 23.8 Å². The first-order chi connectivity index (χ1) is 11.8. The Labute approximate surface area is 148 Å². The number of rotatable bonds is 4. The number of thioether (sulfide) groups is 1. The van der Waals surface area contributed by atoms with Crippen LogP contribution < -0.4 is 0 Å². The van der Waals surface area contributed by atoms with Crippen molar-refractivity contribution in [2.75, 3.05) is 7.11 Å². The molecule has 1 fully saturated rings. The normalized spacial score (nSPS) is 23.8. The van der Waals surface area contributed by atoms with Crippen LogP contribution in [0, 0.1) is 0 Å². The molecule has 0 saturated carbocycles. The summed E-state index contributed by atoms with van der Waals surface area (Å²) in [6.45, 7) is 2.18. The summed E-state index contributed by atoms with van der Waals surface area (Å²) in [6, 6.07) is 15.5. The lowest BCUT2D eigenvalue weighted by Crippen LogP contribution is -2.19. The van der Waals surface area contributed by atoms with Crippen molar-refractivity contribution in [2.24, 2.45) is 5.16 Å². The molecular formula is C21H23NOS. The maximum absolute atomic E-state index is 5.15. The van der Waals surface area contributed by atoms with Crippen molar-refractivity contribution < 1.29 is 4.84 Å². The third-order valence-electron chi connectivity index (χ3n) is 5.13. The SMILES string of the molecule is CCC(=NOC)C1=C(c2ccc3ccccc3c2)CC2CC[C@@H]1S2. The lowest BCUT2D eigenvalue weighted by atomic mass is 9.90. The first-order valence-corrected chi connectivity index (χ1v) is 9.72. The largest absolute Gasteiger partial charge is 0.399 e. The van der Waals surface area contributed by atoms with Gasteiger partial charge in [-0.3, -0.25) is 0 Å². The minimum absolute atomic E-state index is 0.582. The summed E-state index contributed by atoms with van der Waals surface area (Å²) in [6.07, 6.45) is 4.66. The van der Waals surface area contributed by atoms with E-state index in [-0.39, 0.29) is 0 Å². The highest BCUT2D eigenvalue weighted by Gasteiger charge is 2.37. The molecule has 0 radical (unpaired) electrons. The smallest absolute Gasteiger partial charge is 0.106 e. The summed E-state index contributed by atoms with van der Waals surface area (Å²) in [5.74, 6) is 0. The molecule has 2 atom stereocenters. The Kier molecular flexibility index (Phi) is 4.36. The van der Waals surface area contributed by atoms with E-state index in [1.807, 2.05) is 0 Å². The lowest BCUT2D eigenvalue weighted by molar-refractivity contribution is 0.213. The van der Waals surface area contributed by atoms with Gasteiger partial charge in [0, 0.05) is 10.5 Å². The molecule has 1 saturated heterocycles. The fourth-order valence-electron chi connectivity index (χ4n) is 4.02. The average molecular weight is 337 g/mol. The van der Waals surface area contributed by atoms with Crippen LogP contribution in [0.5, 0.6) is 0 Å². The van der Waals surface area contributed by atoms with Gasteiger partial charge in [-0.05, 0) is 59.2 Å². The molecule has 24 heavy (non-hydrogen) atoms. The van der Waals surface area contributed by atoms with Crippen LogP contribution in [0.4, 0.5) is 0 Å². The van der Waals surface area contributed by atoms with E-state index < -0.39 is 0 Å². The zero-order valence-electron chi connectivity index (χ0n) is 14.3. The first-order valence-electron chi connectivity index (χ1n) is 8.78. The molecule has 0 aromatic heterocycles. The molecular weight excluding hydrogens is 314 g/mol. The van der Waals surface area contributed by atoms with Crippen LogP contribution in [0.3, 0.4) is 0 Å². The van der Waals surface area contributed by atoms with Crippen LogP contribution in [0.2, 0.25) is 0 Å². The van der Waals surface area contributed by atoms with Crippen molar-refractivity contribution in [1.82, 2.24) is 0 Å². The summed E-state index contributed by atoms with van der Waals surface area (Å²) < 4.78 is 0. The Balaban J connectivity index is 1.88. The summed E-state index contributed by atoms with van der Waals surface area (Å²) in [4.78, 5) is 5.15. The highest BCUT2D eigenvalue weighted by molar-refractivity contribution is 8.01. The van der Waals surface area contributed by atoms with Gasteiger partial charge in [-0.2, -0.15) is 0 Å². The number of hydrogen-bond donors (Lipinski definition) is 0. The monoisotopic (exact) mass is 337 g/mol. The molecule has 2 heterocycles. The van der Waals surface area contributed by atoms with Gasteiger partial charge in [-0.25, -0.2) is 0 Å². The van der Waals surface area contributed by atoms with Crippen molar-refractivity contribution >= 4 is 33.8 Å². The Hall–Kier alpha value is -1.74. The maximum Gasteiger partial charge on any atom is 0.106 e. The molecule has 2 bridgehead atoms. The second-order valence-electron chi connectivity index (χ2n) is 6.56. The summed E-state index contributed by atoms with van der Waals surface area (Å²) in [7, 11) is 1.65. The number of nitrogens with zero attached hydrogens (tertiary/aromatic N) is 1. The topological polar surface area (TPSA) is 21.6 Å². The van der Waals surface area contributed by atoms with Crippen LogP contribution in [0.25, 0.3) is 16.3 Å². The minimum atomic E-state index is 0.582. The highest BCUT2D eigenvalue weighted by Crippen LogP contribution is 2.50. The predicted molar refractivity (Wildman–Crippen MR) is 105 cm³/mol. The Morgan fingerprint density at radius 2 is 2.00 bits per heavy atom. The molecule has 4 rings (SSSR count). The fourth-order valence-corrected chi connectivity index (χ4v) is 5.71. The molecule has 2 nitrogen and oxygen atoms in total. The van der Waals surface area contributed by atoms with E-state index in [4.69, 9.17) is 4.84 Å². The number of fused-ring (bicyclic) bond motifs is 3. The molecule has 3 heteroatoms. The Morgan fingerprint density at radius 1 is 1.17 bits per heavy atom. The van der Waals surface area contributed by atoms with Gasteiger partial charge in [0.2, 0.25) is 0 Å². The molecule has 2 aromatic rings. The molecule has 0 amide bonds. The average Bonchev–Trinajstić information content (AvgIpc) is 3.01. The van der Waals surface area contributed by atoms with E-state index >= 15 is 0 Å². The van der Waals surface area contributed by atoms with Gasteiger partial charge in [-0.1, -0.05) is 48.5 Å². The fraction of sp³-hybridized carbons (Fsp3) is 0.381. The van der Waals surface area contributed by atoms with Gasteiger partial charge >= 0.3 is 0 Å². The van der Waals surface area contributed by atoms with Gasteiger partial charge in [0.1, 0.15) is 7.11 Å². The summed E-state index contributed by atoms with van der Waals surface area (Å²) in [5, 5.41) is 8.33. The van der Waals surface area contributed by atoms with E-state index in [2.05, 4.69) is 66.3 Å². The van der Waals surface area contributed by atoms with Crippen molar-refractivity contribution in [1.29, 1.82) is 0 Å². The summed E-state index contributed by atoms with van der Waals surface area (Å²) >= 11 is 2.14. The predicted octanol–water partition coefficient (Wildman–Crippen LogP) is 5.67. The van der Waals surface area contributed by atoms with E-state index in [9.17, 15) is 0 Å². The van der Waals surface area contributed by atoms with Crippen molar-refractivity contribution in [3.05, 3.63) is 53.6 Å². The zero-order valence-corrected chi connectivity index (χ0v) is 15.1. The first kappa shape index (κ1) is 15.8. The highest BCUT2D eigenvalue weighted by atomic mass is 32.2. The van der Waals surface area contributed by atoms with Crippen LogP contribution in [0.1, 0.15) is 38.2 Å². The van der Waals surface area contributed by atoms with Crippen LogP contribution in [-0.2, 0) is 4.84 Å². The number of hydrogen-bond acceptors (Lipinski definition) is 3. The third kappa shape index (κ3) is 2.75. The molecule has 2 aromatic carbocycles. The van der Waals surface area contributed by atoms with E-state index in [0.29, 0.717) is 5.25 Å². The molecule has 1 unspecified atom stereocenters. The number of benzene rings is 2. The van der Waals surface area contributed by atoms with Crippen molar-refractivity contribution in [3.63, 3.8) is 0 Å². The van der Waals surface area contributed by atoms with Gasteiger partial charge in [0.15, 0.2) is 0 Å². The van der Waals surface area contributed by atoms with Gasteiger partial charge < -0.3 is 4.84 Å². The standard InChI is InChI=1S/C21H23NOS/c1-3-19(22-23-2)21-18(13-17-10-11-20(21)24-17)16-9-8-14-6-4-5-7-15(14)12-16/h4-9,12,17,20H,3,10-11,13H2,1-2H3/t17?,20-/m0/s1. The third-order valence-corrected chi connectivity index (χ3v) is 6.72. The second-order valence-corrected chi connectivity index (χ2v) is 8.06. The van der Waals surface area contributed by atoms with Crippen LogP contribution in [0.15, 0.2) is 53.2 Å². The maximum atomic E-state index is 5.15. The number of oxime groups is 1. The minimum Gasteiger partial charge on any atom is -0.399 e. The lowest BCUT2D eigenvalue weighted by Gasteiger charge is -2.27.